The molecule has 0 saturated carbocycles. The summed E-state index contributed by atoms with van der Waals surface area (Å²) in [6.45, 7) is 1.69. The number of carbonyl (C=O) groups is 4. The van der Waals surface area contributed by atoms with Gasteiger partial charge in [-0.3, -0.25) is 24.1 Å². The number of primary amides is 1. The van der Waals surface area contributed by atoms with Gasteiger partial charge in [-0.1, -0.05) is 6.07 Å². The molecule has 0 saturated heterocycles. The number of imide groups is 1. The van der Waals surface area contributed by atoms with Crippen LogP contribution in [0.5, 0.6) is 0 Å². The molecule has 0 spiro atoms. The summed E-state index contributed by atoms with van der Waals surface area (Å²) in [6, 6.07) is 4.17. The van der Waals surface area contributed by atoms with E-state index in [1.807, 2.05) is 0 Å². The number of nitrogens with two attached hydrogens (primary N) is 1. The van der Waals surface area contributed by atoms with E-state index in [1.165, 1.54) is 18.2 Å². The summed E-state index contributed by atoms with van der Waals surface area (Å²) >= 11 is 0. The molecule has 1 aromatic rings. The molecule has 18 heavy (non-hydrogen) atoms. The Bertz CT molecular complexity index is 592. The van der Waals surface area contributed by atoms with Gasteiger partial charge in [-0.15, -0.1) is 0 Å². The highest BCUT2D eigenvalue weighted by molar-refractivity contribution is 6.50. The zero-order valence-electron chi connectivity index (χ0n) is 9.60. The molecular formula is C12H10N2O4. The summed E-state index contributed by atoms with van der Waals surface area (Å²) in [7, 11) is 0. The molecular weight excluding hydrogens is 236 g/mol. The summed E-state index contributed by atoms with van der Waals surface area (Å²) < 4.78 is 0. The Morgan fingerprint density at radius 2 is 1.89 bits per heavy atom. The fraction of sp³-hybridized carbons (Fsp3) is 0.167. The maximum absolute atomic E-state index is 12.0. The van der Waals surface area contributed by atoms with Crippen LogP contribution in [0.4, 0.5) is 0 Å². The normalized spacial score (nSPS) is 14.7. The predicted octanol–water partition coefficient (Wildman–Crippen LogP) is -0.0295. The highest BCUT2D eigenvalue weighted by atomic mass is 16.2. The maximum Gasteiger partial charge on any atom is 0.301 e. The number of benzene rings is 1. The zero-order valence-corrected chi connectivity index (χ0v) is 9.60. The first-order valence-electron chi connectivity index (χ1n) is 5.32. The molecule has 1 aromatic carbocycles. The maximum atomic E-state index is 12.0. The van der Waals surface area contributed by atoms with Crippen molar-refractivity contribution in [1.82, 2.24) is 4.90 Å². The average molecular weight is 246 g/mol. The van der Waals surface area contributed by atoms with Crippen LogP contribution in [0.25, 0.3) is 0 Å². The van der Waals surface area contributed by atoms with Crippen LogP contribution in [0.15, 0.2) is 18.2 Å². The van der Waals surface area contributed by atoms with Crippen molar-refractivity contribution in [1.29, 1.82) is 0 Å². The summed E-state index contributed by atoms with van der Waals surface area (Å²) in [5.74, 6) is -3.23. The molecule has 92 valence electrons. The van der Waals surface area contributed by atoms with Crippen LogP contribution in [0.2, 0.25) is 0 Å². The lowest BCUT2D eigenvalue weighted by Crippen LogP contribution is -2.46. The van der Waals surface area contributed by atoms with Crippen LogP contribution in [-0.2, 0) is 4.79 Å². The smallest absolute Gasteiger partial charge is 0.301 e. The number of nitrogens with zero attached hydrogens (tertiary/aromatic N) is 1. The second-order valence-corrected chi connectivity index (χ2v) is 3.78. The highest BCUT2D eigenvalue weighted by Crippen LogP contribution is 2.23. The molecule has 0 radical (unpaired) electrons. The lowest BCUT2D eigenvalue weighted by atomic mass is 9.92. The van der Waals surface area contributed by atoms with E-state index < -0.39 is 23.5 Å². The standard InChI is InChI=1S/C12H10N2O4/c1-2-14-11(17)7-5-3-4-6(10(13)16)8(7)9(15)12(14)18/h3-5H,2H2,1H3,(H2,13,16). The van der Waals surface area contributed by atoms with Gasteiger partial charge in [0.2, 0.25) is 5.91 Å². The van der Waals surface area contributed by atoms with Crippen LogP contribution in [0, 0.1) is 0 Å². The zero-order chi connectivity index (χ0) is 13.4. The summed E-state index contributed by atoms with van der Waals surface area (Å²) in [6.07, 6.45) is 0. The van der Waals surface area contributed by atoms with E-state index in [1.54, 1.807) is 6.92 Å². The third-order valence-corrected chi connectivity index (χ3v) is 2.79. The van der Waals surface area contributed by atoms with E-state index >= 15 is 0 Å². The predicted molar refractivity (Wildman–Crippen MR) is 61.0 cm³/mol. The summed E-state index contributed by atoms with van der Waals surface area (Å²) in [4.78, 5) is 47.7. The van der Waals surface area contributed by atoms with Gasteiger partial charge in [0.15, 0.2) is 0 Å². The van der Waals surface area contributed by atoms with Gasteiger partial charge in [-0.25, -0.2) is 0 Å². The second-order valence-electron chi connectivity index (χ2n) is 3.78. The molecule has 1 aliphatic rings. The van der Waals surface area contributed by atoms with Gasteiger partial charge in [0.25, 0.3) is 11.7 Å². The number of amides is 3. The van der Waals surface area contributed by atoms with E-state index in [4.69, 9.17) is 5.73 Å². The van der Waals surface area contributed by atoms with E-state index in [0.29, 0.717) is 0 Å². The van der Waals surface area contributed by atoms with Crippen LogP contribution >= 0.6 is 0 Å². The van der Waals surface area contributed by atoms with Gasteiger partial charge in [0.1, 0.15) is 0 Å². The Morgan fingerprint density at radius 1 is 1.22 bits per heavy atom. The SMILES string of the molecule is CCN1C(=O)C(=O)c2c(C(N)=O)cccc2C1=O. The van der Waals surface area contributed by atoms with Gasteiger partial charge in [0, 0.05) is 6.54 Å². The van der Waals surface area contributed by atoms with Gasteiger partial charge in [0.05, 0.1) is 16.7 Å². The minimum absolute atomic E-state index is 0.0396. The Labute approximate surface area is 102 Å². The molecule has 3 amide bonds. The fourth-order valence-corrected chi connectivity index (χ4v) is 1.93. The van der Waals surface area contributed by atoms with E-state index in [9.17, 15) is 19.2 Å². The monoisotopic (exact) mass is 246 g/mol. The number of hydrogen-bond acceptors (Lipinski definition) is 4. The van der Waals surface area contributed by atoms with E-state index in [-0.39, 0.29) is 23.2 Å². The topological polar surface area (TPSA) is 97.5 Å². The number of ketones is 1. The molecule has 0 bridgehead atoms. The first kappa shape index (κ1) is 12.0. The highest BCUT2D eigenvalue weighted by Gasteiger charge is 2.38. The van der Waals surface area contributed by atoms with Crippen molar-refractivity contribution in [3.8, 4) is 0 Å². The molecule has 0 aliphatic carbocycles. The first-order valence-corrected chi connectivity index (χ1v) is 5.32. The molecule has 1 aliphatic heterocycles. The van der Waals surface area contributed by atoms with Crippen LogP contribution in [-0.4, -0.2) is 34.9 Å². The Balaban J connectivity index is 2.73. The molecule has 6 nitrogen and oxygen atoms in total. The molecule has 0 atom stereocenters. The van der Waals surface area contributed by atoms with Crippen molar-refractivity contribution < 1.29 is 19.2 Å². The van der Waals surface area contributed by atoms with Gasteiger partial charge >= 0.3 is 5.91 Å². The number of likely N-dealkylation sites (N-methyl/N-ethyl adjacent to an activating group) is 1. The Hall–Kier alpha value is -2.50. The van der Waals surface area contributed by atoms with Crippen molar-refractivity contribution in [2.75, 3.05) is 6.54 Å². The largest absolute Gasteiger partial charge is 0.366 e. The number of rotatable bonds is 2. The average Bonchev–Trinajstić information content (AvgIpc) is 2.36. The third kappa shape index (κ3) is 1.50. The van der Waals surface area contributed by atoms with Crippen LogP contribution in [0.1, 0.15) is 38.0 Å². The van der Waals surface area contributed by atoms with E-state index in [2.05, 4.69) is 0 Å². The van der Waals surface area contributed by atoms with Crippen molar-refractivity contribution in [2.24, 2.45) is 5.73 Å². The molecule has 1 heterocycles. The first-order chi connectivity index (χ1) is 8.49. The van der Waals surface area contributed by atoms with Crippen molar-refractivity contribution in [3.63, 3.8) is 0 Å². The summed E-state index contributed by atoms with van der Waals surface area (Å²) in [5.41, 5.74) is 4.88. The number of hydrogen-bond donors (Lipinski definition) is 1. The lowest BCUT2D eigenvalue weighted by Gasteiger charge is -2.25. The number of fused-ring (bicyclic) bond motifs is 1. The Kier molecular flexibility index (Phi) is 2.70. The lowest BCUT2D eigenvalue weighted by molar-refractivity contribution is -0.124. The fourth-order valence-electron chi connectivity index (χ4n) is 1.93. The molecule has 6 heteroatoms. The van der Waals surface area contributed by atoms with Gasteiger partial charge in [-0.05, 0) is 19.1 Å². The molecule has 0 aromatic heterocycles. The van der Waals surface area contributed by atoms with Crippen molar-refractivity contribution >= 4 is 23.5 Å². The van der Waals surface area contributed by atoms with Crippen molar-refractivity contribution in [2.45, 2.75) is 6.92 Å². The van der Waals surface area contributed by atoms with Gasteiger partial charge in [-0.2, -0.15) is 0 Å². The van der Waals surface area contributed by atoms with Gasteiger partial charge < -0.3 is 5.73 Å². The Morgan fingerprint density at radius 3 is 2.44 bits per heavy atom. The molecule has 0 unspecified atom stereocenters. The molecule has 0 fully saturated rings. The molecule has 2 N–H and O–H groups in total. The minimum atomic E-state index is -0.927. The number of carbonyl (C=O) groups excluding carboxylic acids is 4. The van der Waals surface area contributed by atoms with Crippen molar-refractivity contribution in [3.05, 3.63) is 34.9 Å². The molecule has 2 rings (SSSR count). The van der Waals surface area contributed by atoms with E-state index in [0.717, 1.165) is 4.90 Å². The quantitative estimate of drug-likeness (QED) is 0.585. The second kappa shape index (κ2) is 4.06. The summed E-state index contributed by atoms with van der Waals surface area (Å²) in [5, 5.41) is 0. The van der Waals surface area contributed by atoms with Crippen LogP contribution < -0.4 is 5.73 Å². The number of Topliss-reactive ketones (excluding diaryl/α,β-unsaturated/α-hetero) is 1. The minimum Gasteiger partial charge on any atom is -0.366 e. The third-order valence-electron chi connectivity index (χ3n) is 2.79. The van der Waals surface area contributed by atoms with Crippen LogP contribution in [0.3, 0.4) is 0 Å².